The van der Waals surface area contributed by atoms with Gasteiger partial charge in [0.1, 0.15) is 5.75 Å². The molecule has 1 heterocycles. The Morgan fingerprint density at radius 1 is 1.48 bits per heavy atom. The summed E-state index contributed by atoms with van der Waals surface area (Å²) >= 11 is 0. The summed E-state index contributed by atoms with van der Waals surface area (Å²) in [7, 11) is 1.68. The van der Waals surface area contributed by atoms with Crippen LogP contribution in [0.1, 0.15) is 24.0 Å². The van der Waals surface area contributed by atoms with E-state index in [9.17, 15) is 4.79 Å². The van der Waals surface area contributed by atoms with Gasteiger partial charge in [-0.1, -0.05) is 17.7 Å². The zero-order chi connectivity index (χ0) is 14.4. The molecule has 1 amide bonds. The van der Waals surface area contributed by atoms with Gasteiger partial charge in [0.15, 0.2) is 0 Å². The van der Waals surface area contributed by atoms with Crippen LogP contribution in [0.3, 0.4) is 0 Å². The van der Waals surface area contributed by atoms with E-state index in [-0.39, 0.29) is 24.2 Å². The zero-order valence-electron chi connectivity index (χ0n) is 12.8. The lowest BCUT2D eigenvalue weighted by molar-refractivity contribution is -0.125. The number of benzene rings is 1. The Balaban J connectivity index is 0.00000220. The van der Waals surface area contributed by atoms with Gasteiger partial charge in [0.25, 0.3) is 0 Å². The summed E-state index contributed by atoms with van der Waals surface area (Å²) in [5, 5.41) is 6.31. The lowest BCUT2D eigenvalue weighted by Gasteiger charge is -2.22. The Labute approximate surface area is 133 Å². The van der Waals surface area contributed by atoms with Gasteiger partial charge in [-0.05, 0) is 44.4 Å². The first kappa shape index (κ1) is 17.8. The molecule has 2 rings (SSSR count). The van der Waals surface area contributed by atoms with Crippen molar-refractivity contribution in [2.45, 2.75) is 26.2 Å². The van der Waals surface area contributed by atoms with Crippen LogP contribution < -0.4 is 15.4 Å². The van der Waals surface area contributed by atoms with Crippen molar-refractivity contribution >= 4 is 18.3 Å². The second-order valence-electron chi connectivity index (χ2n) is 5.40. The lowest BCUT2D eigenvalue weighted by Crippen LogP contribution is -2.41. The summed E-state index contributed by atoms with van der Waals surface area (Å²) in [6.07, 6.45) is 2.88. The van der Waals surface area contributed by atoms with Crippen LogP contribution in [0.5, 0.6) is 5.75 Å². The van der Waals surface area contributed by atoms with Gasteiger partial charge in [-0.2, -0.15) is 0 Å². The van der Waals surface area contributed by atoms with Crippen molar-refractivity contribution in [3.8, 4) is 5.75 Å². The molecule has 4 nitrogen and oxygen atoms in total. The van der Waals surface area contributed by atoms with Crippen molar-refractivity contribution in [1.82, 2.24) is 10.6 Å². The molecule has 1 aromatic rings. The standard InChI is InChI=1S/C16H24N2O2.ClH/c1-12-5-6-15(20-2)13(10-12)7-9-18-16(19)14-4-3-8-17-11-14;/h5-6,10,14,17H,3-4,7-9,11H2,1-2H3,(H,18,19);1H. The molecule has 0 radical (unpaired) electrons. The van der Waals surface area contributed by atoms with E-state index < -0.39 is 0 Å². The number of aryl methyl sites for hydroxylation is 1. The van der Waals surface area contributed by atoms with Gasteiger partial charge in [0, 0.05) is 13.1 Å². The smallest absolute Gasteiger partial charge is 0.224 e. The number of hydrogen-bond donors (Lipinski definition) is 2. The Morgan fingerprint density at radius 3 is 2.95 bits per heavy atom. The molecule has 1 aliphatic rings. The van der Waals surface area contributed by atoms with E-state index in [1.54, 1.807) is 7.11 Å². The average molecular weight is 313 g/mol. The summed E-state index contributed by atoms with van der Waals surface area (Å²) in [5.41, 5.74) is 2.36. The van der Waals surface area contributed by atoms with E-state index in [1.807, 2.05) is 12.1 Å². The van der Waals surface area contributed by atoms with E-state index in [2.05, 4.69) is 23.6 Å². The van der Waals surface area contributed by atoms with E-state index in [0.29, 0.717) is 6.54 Å². The average Bonchev–Trinajstić information content (AvgIpc) is 2.48. The van der Waals surface area contributed by atoms with Gasteiger partial charge in [0.05, 0.1) is 13.0 Å². The van der Waals surface area contributed by atoms with Gasteiger partial charge in [-0.25, -0.2) is 0 Å². The third-order valence-corrected chi connectivity index (χ3v) is 3.80. The minimum atomic E-state index is 0. The number of methoxy groups -OCH3 is 1. The van der Waals surface area contributed by atoms with Crippen molar-refractivity contribution in [3.05, 3.63) is 29.3 Å². The maximum Gasteiger partial charge on any atom is 0.224 e. The number of rotatable bonds is 5. The number of halogens is 1. The number of amides is 1. The van der Waals surface area contributed by atoms with Gasteiger partial charge < -0.3 is 15.4 Å². The van der Waals surface area contributed by atoms with Crippen molar-refractivity contribution in [1.29, 1.82) is 0 Å². The highest BCUT2D eigenvalue weighted by Gasteiger charge is 2.20. The van der Waals surface area contributed by atoms with Crippen LogP contribution in [-0.2, 0) is 11.2 Å². The van der Waals surface area contributed by atoms with Gasteiger partial charge in [-0.3, -0.25) is 4.79 Å². The summed E-state index contributed by atoms with van der Waals surface area (Å²) in [6.45, 7) is 4.56. The summed E-state index contributed by atoms with van der Waals surface area (Å²) < 4.78 is 5.35. The molecule has 0 bridgehead atoms. The molecule has 0 saturated carbocycles. The van der Waals surface area contributed by atoms with Crippen molar-refractivity contribution in [2.75, 3.05) is 26.7 Å². The molecule has 1 aliphatic heterocycles. The van der Waals surface area contributed by atoms with E-state index in [1.165, 1.54) is 5.56 Å². The predicted octanol–water partition coefficient (Wildman–Crippen LogP) is 2.08. The van der Waals surface area contributed by atoms with Gasteiger partial charge in [0.2, 0.25) is 5.91 Å². The monoisotopic (exact) mass is 312 g/mol. The van der Waals surface area contributed by atoms with Crippen LogP contribution in [0, 0.1) is 12.8 Å². The molecule has 1 unspecified atom stereocenters. The summed E-state index contributed by atoms with van der Waals surface area (Å²) in [4.78, 5) is 12.0. The minimum Gasteiger partial charge on any atom is -0.496 e. The van der Waals surface area contributed by atoms with Gasteiger partial charge in [-0.15, -0.1) is 12.4 Å². The van der Waals surface area contributed by atoms with Crippen LogP contribution >= 0.6 is 12.4 Å². The van der Waals surface area contributed by atoms with Crippen LogP contribution in [0.2, 0.25) is 0 Å². The molecule has 21 heavy (non-hydrogen) atoms. The highest BCUT2D eigenvalue weighted by Crippen LogP contribution is 2.19. The highest BCUT2D eigenvalue weighted by atomic mass is 35.5. The summed E-state index contributed by atoms with van der Waals surface area (Å²) in [5.74, 6) is 1.19. The van der Waals surface area contributed by atoms with Crippen LogP contribution in [0.4, 0.5) is 0 Å². The molecule has 1 atom stereocenters. The van der Waals surface area contributed by atoms with Crippen LogP contribution in [0.25, 0.3) is 0 Å². The first-order valence-electron chi connectivity index (χ1n) is 7.32. The molecule has 0 spiro atoms. The first-order valence-corrected chi connectivity index (χ1v) is 7.32. The Morgan fingerprint density at radius 2 is 2.29 bits per heavy atom. The van der Waals surface area contributed by atoms with Crippen LogP contribution in [0.15, 0.2) is 18.2 Å². The number of piperidine rings is 1. The first-order chi connectivity index (χ1) is 9.70. The molecule has 1 saturated heterocycles. The van der Waals surface area contributed by atoms with E-state index in [0.717, 1.165) is 43.7 Å². The lowest BCUT2D eigenvalue weighted by atomic mass is 9.99. The molecule has 2 N–H and O–H groups in total. The molecule has 5 heteroatoms. The topological polar surface area (TPSA) is 50.4 Å². The summed E-state index contributed by atoms with van der Waals surface area (Å²) in [6, 6.07) is 6.14. The minimum absolute atomic E-state index is 0. The Bertz CT molecular complexity index is 460. The number of carbonyl (C=O) groups excluding carboxylic acids is 1. The number of carbonyl (C=O) groups is 1. The van der Waals surface area contributed by atoms with Crippen molar-refractivity contribution in [3.63, 3.8) is 0 Å². The zero-order valence-corrected chi connectivity index (χ0v) is 13.6. The number of ether oxygens (including phenoxy) is 1. The van der Waals surface area contributed by atoms with E-state index in [4.69, 9.17) is 4.74 Å². The quantitative estimate of drug-likeness (QED) is 0.875. The molecular weight excluding hydrogens is 288 g/mol. The normalized spacial score (nSPS) is 17.7. The molecule has 1 aromatic carbocycles. The fourth-order valence-electron chi connectivity index (χ4n) is 2.64. The van der Waals surface area contributed by atoms with E-state index >= 15 is 0 Å². The molecular formula is C16H25ClN2O2. The SMILES string of the molecule is COc1ccc(C)cc1CCNC(=O)C1CCCNC1.Cl. The molecule has 0 aliphatic carbocycles. The molecule has 118 valence electrons. The van der Waals surface area contributed by atoms with Gasteiger partial charge >= 0.3 is 0 Å². The Hall–Kier alpha value is -1.26. The largest absolute Gasteiger partial charge is 0.496 e. The second kappa shape index (κ2) is 8.90. The molecule has 0 aromatic heterocycles. The van der Waals surface area contributed by atoms with Crippen molar-refractivity contribution < 1.29 is 9.53 Å². The fourth-order valence-corrected chi connectivity index (χ4v) is 2.64. The second-order valence-corrected chi connectivity index (χ2v) is 5.40. The van der Waals surface area contributed by atoms with Crippen LogP contribution in [-0.4, -0.2) is 32.7 Å². The third-order valence-electron chi connectivity index (χ3n) is 3.80. The highest BCUT2D eigenvalue weighted by molar-refractivity contribution is 5.85. The maximum atomic E-state index is 12.0. The maximum absolute atomic E-state index is 12.0. The van der Waals surface area contributed by atoms with Crippen molar-refractivity contribution in [2.24, 2.45) is 5.92 Å². The number of nitrogens with one attached hydrogen (secondary N) is 2. The third kappa shape index (κ3) is 5.21. The Kier molecular flexibility index (Phi) is 7.54. The predicted molar refractivity (Wildman–Crippen MR) is 87.3 cm³/mol. The number of hydrogen-bond acceptors (Lipinski definition) is 3. The molecule has 1 fully saturated rings. The fraction of sp³-hybridized carbons (Fsp3) is 0.562.